The van der Waals surface area contributed by atoms with E-state index in [1.807, 2.05) is 6.07 Å². The third-order valence-corrected chi connectivity index (χ3v) is 2.93. The lowest BCUT2D eigenvalue weighted by atomic mass is 10.1. The number of ether oxygens (including phenoxy) is 1. The van der Waals surface area contributed by atoms with Gasteiger partial charge in [0.15, 0.2) is 4.64 Å². The summed E-state index contributed by atoms with van der Waals surface area (Å²) in [5.41, 5.74) is 0.694. The average Bonchev–Trinajstić information content (AvgIpc) is 2.49. The van der Waals surface area contributed by atoms with Crippen LogP contribution in [0.3, 0.4) is 0 Å². The van der Waals surface area contributed by atoms with Crippen molar-refractivity contribution in [2.75, 3.05) is 12.4 Å². The van der Waals surface area contributed by atoms with Crippen molar-refractivity contribution >= 4 is 29.3 Å². The Bertz CT molecular complexity index is 796. The number of aromatic amines is 1. The molecule has 0 unspecified atom stereocenters. The predicted octanol–water partition coefficient (Wildman–Crippen LogP) is 2.67. The van der Waals surface area contributed by atoms with Gasteiger partial charge in [-0.05, 0) is 6.07 Å². The number of nitrogens with zero attached hydrogens (tertiary/aromatic N) is 3. The fourth-order valence-electron chi connectivity index (χ4n) is 1.64. The summed E-state index contributed by atoms with van der Waals surface area (Å²) in [6.45, 7) is 0. The fraction of sp³-hybridized carbons (Fsp3) is 0.0833. The maximum Gasteiger partial charge on any atom is 0.270 e. The molecule has 21 heavy (non-hydrogen) atoms. The molecule has 0 amide bonds. The molecule has 2 aromatic rings. The molecule has 0 saturated carbocycles. The Morgan fingerprint density at radius 1 is 1.57 bits per heavy atom. The van der Waals surface area contributed by atoms with Gasteiger partial charge in [-0.15, -0.1) is 0 Å². The van der Waals surface area contributed by atoms with Crippen molar-refractivity contribution in [1.82, 2.24) is 9.97 Å². The lowest BCUT2D eigenvalue weighted by molar-refractivity contribution is -0.384. The summed E-state index contributed by atoms with van der Waals surface area (Å²) in [7, 11) is 1.45. The largest absolute Gasteiger partial charge is 0.481 e. The van der Waals surface area contributed by atoms with Gasteiger partial charge in [0, 0.05) is 12.1 Å². The molecule has 0 saturated heterocycles. The van der Waals surface area contributed by atoms with E-state index in [0.717, 1.165) is 0 Å². The second-order valence-electron chi connectivity index (χ2n) is 3.84. The molecule has 2 N–H and O–H groups in total. The minimum absolute atomic E-state index is 0.115. The van der Waals surface area contributed by atoms with E-state index in [9.17, 15) is 10.1 Å². The first kappa shape index (κ1) is 14.4. The van der Waals surface area contributed by atoms with Crippen molar-refractivity contribution in [2.45, 2.75) is 0 Å². The first-order valence-electron chi connectivity index (χ1n) is 5.64. The van der Waals surface area contributed by atoms with Crippen molar-refractivity contribution in [3.05, 3.63) is 44.8 Å². The molecular formula is C12H9N5O3S. The third-order valence-electron chi connectivity index (χ3n) is 2.62. The van der Waals surface area contributed by atoms with Crippen molar-refractivity contribution in [1.29, 1.82) is 5.26 Å². The zero-order valence-corrected chi connectivity index (χ0v) is 11.6. The van der Waals surface area contributed by atoms with Crippen LogP contribution in [0.5, 0.6) is 5.88 Å². The van der Waals surface area contributed by atoms with Gasteiger partial charge in [0.25, 0.3) is 5.69 Å². The normalized spacial score (nSPS) is 9.71. The number of anilines is 2. The molecule has 0 atom stereocenters. The van der Waals surface area contributed by atoms with Gasteiger partial charge in [-0.3, -0.25) is 10.1 Å². The SMILES string of the molecule is COc1[nH]cnc(=S)c1Nc1ccc([N+](=O)[O-])cc1C#N. The van der Waals surface area contributed by atoms with E-state index in [1.165, 1.54) is 31.6 Å². The van der Waals surface area contributed by atoms with Gasteiger partial charge < -0.3 is 15.0 Å². The number of benzene rings is 1. The van der Waals surface area contributed by atoms with Crippen LogP contribution in [0, 0.1) is 26.1 Å². The highest BCUT2D eigenvalue weighted by Gasteiger charge is 2.13. The van der Waals surface area contributed by atoms with Gasteiger partial charge in [-0.2, -0.15) is 5.26 Å². The summed E-state index contributed by atoms with van der Waals surface area (Å²) in [6.07, 6.45) is 1.38. The molecule has 0 aliphatic rings. The second kappa shape index (κ2) is 5.98. The smallest absolute Gasteiger partial charge is 0.270 e. The van der Waals surface area contributed by atoms with Gasteiger partial charge >= 0.3 is 0 Å². The molecule has 0 aliphatic carbocycles. The van der Waals surface area contributed by atoms with E-state index < -0.39 is 4.92 Å². The number of H-pyrrole nitrogens is 1. The summed E-state index contributed by atoms with van der Waals surface area (Å²) >= 11 is 5.09. The van der Waals surface area contributed by atoms with Crippen LogP contribution in [0.25, 0.3) is 0 Å². The summed E-state index contributed by atoms with van der Waals surface area (Å²) < 4.78 is 5.36. The topological polar surface area (TPSA) is 117 Å². The maximum absolute atomic E-state index is 10.7. The lowest BCUT2D eigenvalue weighted by Crippen LogP contribution is -2.01. The van der Waals surface area contributed by atoms with Gasteiger partial charge in [-0.1, -0.05) is 12.2 Å². The van der Waals surface area contributed by atoms with Gasteiger partial charge in [0.05, 0.1) is 29.6 Å². The Labute approximate surface area is 124 Å². The van der Waals surface area contributed by atoms with Gasteiger partial charge in [0.2, 0.25) is 5.88 Å². The molecule has 8 nitrogen and oxygen atoms in total. The molecule has 2 rings (SSSR count). The van der Waals surface area contributed by atoms with Crippen LogP contribution in [0.1, 0.15) is 5.56 Å². The van der Waals surface area contributed by atoms with Crippen LogP contribution in [-0.4, -0.2) is 22.0 Å². The molecule has 0 spiro atoms. The highest BCUT2D eigenvalue weighted by Crippen LogP contribution is 2.29. The van der Waals surface area contributed by atoms with E-state index >= 15 is 0 Å². The third kappa shape index (κ3) is 2.96. The zero-order valence-electron chi connectivity index (χ0n) is 10.8. The van der Waals surface area contributed by atoms with E-state index in [4.69, 9.17) is 22.2 Å². The monoisotopic (exact) mass is 303 g/mol. The minimum Gasteiger partial charge on any atom is -0.481 e. The van der Waals surface area contributed by atoms with E-state index in [-0.39, 0.29) is 15.9 Å². The molecule has 1 heterocycles. The van der Waals surface area contributed by atoms with Crippen molar-refractivity contribution < 1.29 is 9.66 Å². The number of nitro benzene ring substituents is 1. The molecule has 106 valence electrons. The fourth-order valence-corrected chi connectivity index (χ4v) is 1.83. The van der Waals surface area contributed by atoms with Gasteiger partial charge in [-0.25, -0.2) is 4.98 Å². The molecule has 0 bridgehead atoms. The lowest BCUT2D eigenvalue weighted by Gasteiger charge is -2.11. The molecule has 1 aromatic carbocycles. The number of hydrogen-bond acceptors (Lipinski definition) is 7. The van der Waals surface area contributed by atoms with Crippen molar-refractivity contribution in [2.24, 2.45) is 0 Å². The summed E-state index contributed by atoms with van der Waals surface area (Å²) in [4.78, 5) is 16.8. The number of nitrogens with one attached hydrogen (secondary N) is 2. The number of hydrogen-bond donors (Lipinski definition) is 2. The summed E-state index contributed by atoms with van der Waals surface area (Å²) in [5.74, 6) is 0.345. The number of nitro groups is 1. The molecule has 0 fully saturated rings. The molecule has 0 aliphatic heterocycles. The van der Waals surface area contributed by atoms with Gasteiger partial charge in [0.1, 0.15) is 11.8 Å². The quantitative estimate of drug-likeness (QED) is 0.506. The summed E-state index contributed by atoms with van der Waals surface area (Å²) in [6, 6.07) is 5.79. The highest BCUT2D eigenvalue weighted by atomic mass is 32.1. The molecule has 1 aromatic heterocycles. The number of rotatable bonds is 4. The van der Waals surface area contributed by atoms with Crippen LogP contribution in [0.4, 0.5) is 17.1 Å². The first-order chi connectivity index (χ1) is 10.1. The van der Waals surface area contributed by atoms with Crippen molar-refractivity contribution in [3.8, 4) is 11.9 Å². The van der Waals surface area contributed by atoms with Crippen LogP contribution in [0.15, 0.2) is 24.5 Å². The summed E-state index contributed by atoms with van der Waals surface area (Å²) in [5, 5.41) is 22.7. The standard InChI is InChI=1S/C12H9N5O3S/c1-20-11-10(12(21)15-6-14-11)16-9-3-2-8(17(18)19)4-7(9)5-13/h2-4,6,16H,1H3,(H,14,15,21). The minimum atomic E-state index is -0.568. The Kier molecular flexibility index (Phi) is 4.10. The number of non-ortho nitro benzene ring substituents is 1. The molecule has 0 radical (unpaired) electrons. The second-order valence-corrected chi connectivity index (χ2v) is 4.23. The first-order valence-corrected chi connectivity index (χ1v) is 6.05. The Morgan fingerprint density at radius 2 is 2.33 bits per heavy atom. The van der Waals surface area contributed by atoms with Crippen LogP contribution >= 0.6 is 12.2 Å². The highest BCUT2D eigenvalue weighted by molar-refractivity contribution is 7.71. The maximum atomic E-state index is 10.7. The van der Waals surface area contributed by atoms with E-state index in [2.05, 4.69) is 15.3 Å². The number of nitriles is 1. The van der Waals surface area contributed by atoms with Crippen LogP contribution in [-0.2, 0) is 0 Å². The van der Waals surface area contributed by atoms with Crippen LogP contribution < -0.4 is 10.1 Å². The Morgan fingerprint density at radius 3 is 2.95 bits per heavy atom. The Balaban J connectivity index is 2.48. The number of aromatic nitrogens is 2. The zero-order chi connectivity index (χ0) is 15.4. The number of methoxy groups -OCH3 is 1. The van der Waals surface area contributed by atoms with E-state index in [1.54, 1.807) is 0 Å². The van der Waals surface area contributed by atoms with E-state index in [0.29, 0.717) is 17.3 Å². The van der Waals surface area contributed by atoms with Crippen LogP contribution in [0.2, 0.25) is 0 Å². The molecular weight excluding hydrogens is 294 g/mol. The average molecular weight is 303 g/mol. The predicted molar refractivity (Wildman–Crippen MR) is 77.1 cm³/mol. The molecule has 9 heteroatoms. The Hall–Kier alpha value is -2.99. The van der Waals surface area contributed by atoms with Crippen molar-refractivity contribution in [3.63, 3.8) is 0 Å².